The van der Waals surface area contributed by atoms with Crippen LogP contribution < -0.4 is 5.32 Å². The van der Waals surface area contributed by atoms with Crippen LogP contribution >= 0.6 is 11.3 Å². The maximum atomic E-state index is 10.7. The van der Waals surface area contributed by atoms with E-state index in [-0.39, 0.29) is 5.01 Å². The molecule has 4 nitrogen and oxygen atoms in total. The number of nitrogens with one attached hydrogen (secondary N) is 1. The SMILES string of the molecule is Cc1cccc(NCc2csc(C(=O)O)n2)c1C. The lowest BCUT2D eigenvalue weighted by Gasteiger charge is -2.10. The van der Waals surface area contributed by atoms with E-state index in [2.05, 4.69) is 30.2 Å². The molecule has 0 aliphatic heterocycles. The third-order valence-electron chi connectivity index (χ3n) is 2.80. The van der Waals surface area contributed by atoms with Crippen LogP contribution in [-0.4, -0.2) is 16.1 Å². The highest BCUT2D eigenvalue weighted by atomic mass is 32.1. The molecule has 0 saturated carbocycles. The van der Waals surface area contributed by atoms with Crippen molar-refractivity contribution in [3.8, 4) is 0 Å². The van der Waals surface area contributed by atoms with Crippen LogP contribution in [-0.2, 0) is 6.54 Å². The van der Waals surface area contributed by atoms with E-state index in [9.17, 15) is 4.79 Å². The summed E-state index contributed by atoms with van der Waals surface area (Å²) in [6.07, 6.45) is 0. The fraction of sp³-hybridized carbons (Fsp3) is 0.231. The van der Waals surface area contributed by atoms with Crippen LogP contribution in [0.3, 0.4) is 0 Å². The number of carbonyl (C=O) groups is 1. The molecule has 18 heavy (non-hydrogen) atoms. The van der Waals surface area contributed by atoms with Gasteiger partial charge < -0.3 is 10.4 Å². The molecule has 0 spiro atoms. The van der Waals surface area contributed by atoms with Crippen molar-refractivity contribution in [2.24, 2.45) is 0 Å². The van der Waals surface area contributed by atoms with Crippen molar-refractivity contribution in [3.63, 3.8) is 0 Å². The highest BCUT2D eigenvalue weighted by Crippen LogP contribution is 2.19. The summed E-state index contributed by atoms with van der Waals surface area (Å²) in [6.45, 7) is 4.65. The van der Waals surface area contributed by atoms with Gasteiger partial charge in [0.25, 0.3) is 0 Å². The van der Waals surface area contributed by atoms with Gasteiger partial charge in [0, 0.05) is 11.1 Å². The number of aryl methyl sites for hydroxylation is 1. The van der Waals surface area contributed by atoms with Crippen LogP contribution in [0.15, 0.2) is 23.6 Å². The summed E-state index contributed by atoms with van der Waals surface area (Å²) in [5, 5.41) is 14.0. The van der Waals surface area contributed by atoms with Crippen molar-refractivity contribution in [1.82, 2.24) is 4.98 Å². The number of carboxylic acid groups (broad SMARTS) is 1. The third kappa shape index (κ3) is 2.68. The lowest BCUT2D eigenvalue weighted by atomic mass is 10.1. The highest BCUT2D eigenvalue weighted by molar-refractivity contribution is 7.11. The lowest BCUT2D eigenvalue weighted by molar-refractivity contribution is 0.0696. The van der Waals surface area contributed by atoms with Crippen molar-refractivity contribution in [1.29, 1.82) is 0 Å². The zero-order valence-electron chi connectivity index (χ0n) is 10.2. The second-order valence-electron chi connectivity index (χ2n) is 4.05. The van der Waals surface area contributed by atoms with Gasteiger partial charge in [-0.25, -0.2) is 9.78 Å². The molecule has 0 aliphatic rings. The molecule has 0 fully saturated rings. The molecule has 0 aliphatic carbocycles. The van der Waals surface area contributed by atoms with E-state index >= 15 is 0 Å². The second-order valence-corrected chi connectivity index (χ2v) is 4.91. The summed E-state index contributed by atoms with van der Waals surface area (Å²) >= 11 is 1.15. The Morgan fingerprint density at radius 1 is 1.44 bits per heavy atom. The van der Waals surface area contributed by atoms with Gasteiger partial charge in [0.2, 0.25) is 5.01 Å². The Labute approximate surface area is 109 Å². The van der Waals surface area contributed by atoms with Crippen LogP contribution in [0.25, 0.3) is 0 Å². The minimum atomic E-state index is -0.974. The fourth-order valence-electron chi connectivity index (χ4n) is 1.61. The van der Waals surface area contributed by atoms with Gasteiger partial charge in [-0.15, -0.1) is 11.3 Å². The Balaban J connectivity index is 2.07. The van der Waals surface area contributed by atoms with E-state index in [1.165, 1.54) is 11.1 Å². The maximum absolute atomic E-state index is 10.7. The number of hydrogen-bond donors (Lipinski definition) is 2. The van der Waals surface area contributed by atoms with Crippen LogP contribution in [0.2, 0.25) is 0 Å². The standard InChI is InChI=1S/C13H14N2O2S/c1-8-4-3-5-11(9(8)2)14-6-10-7-18-12(15-10)13(16)17/h3-5,7,14H,6H2,1-2H3,(H,16,17). The molecular weight excluding hydrogens is 248 g/mol. The first-order valence-electron chi connectivity index (χ1n) is 5.55. The quantitative estimate of drug-likeness (QED) is 0.889. The Morgan fingerprint density at radius 2 is 2.22 bits per heavy atom. The maximum Gasteiger partial charge on any atom is 0.365 e. The Bertz CT molecular complexity index is 578. The molecule has 0 amide bonds. The first kappa shape index (κ1) is 12.6. The summed E-state index contributed by atoms with van der Waals surface area (Å²) in [5.41, 5.74) is 4.23. The van der Waals surface area contributed by atoms with Gasteiger partial charge in [0.15, 0.2) is 0 Å². The molecule has 94 valence electrons. The number of nitrogens with zero attached hydrogens (tertiary/aromatic N) is 1. The van der Waals surface area contributed by atoms with Gasteiger partial charge in [0.05, 0.1) is 12.2 Å². The number of carboxylic acids is 1. The van der Waals surface area contributed by atoms with E-state index in [1.54, 1.807) is 5.38 Å². The van der Waals surface area contributed by atoms with Gasteiger partial charge in [-0.2, -0.15) is 0 Å². The number of benzene rings is 1. The molecule has 0 unspecified atom stereocenters. The van der Waals surface area contributed by atoms with E-state index in [1.807, 2.05) is 12.1 Å². The zero-order valence-corrected chi connectivity index (χ0v) is 11.0. The minimum absolute atomic E-state index is 0.132. The van der Waals surface area contributed by atoms with Crippen molar-refractivity contribution in [2.45, 2.75) is 20.4 Å². The predicted octanol–water partition coefficient (Wildman–Crippen LogP) is 3.07. The number of anilines is 1. The smallest absolute Gasteiger partial charge is 0.365 e. The first-order chi connectivity index (χ1) is 8.58. The molecule has 0 bridgehead atoms. The third-order valence-corrected chi connectivity index (χ3v) is 3.68. The molecule has 5 heteroatoms. The Kier molecular flexibility index (Phi) is 3.62. The number of hydrogen-bond acceptors (Lipinski definition) is 4. The average Bonchev–Trinajstić information content (AvgIpc) is 2.80. The molecule has 2 rings (SSSR count). The Morgan fingerprint density at radius 3 is 2.89 bits per heavy atom. The number of rotatable bonds is 4. The van der Waals surface area contributed by atoms with Crippen molar-refractivity contribution < 1.29 is 9.90 Å². The second kappa shape index (κ2) is 5.18. The fourth-order valence-corrected chi connectivity index (χ4v) is 2.27. The summed E-state index contributed by atoms with van der Waals surface area (Å²) in [7, 11) is 0. The molecule has 0 radical (unpaired) electrons. The Hall–Kier alpha value is -1.88. The summed E-state index contributed by atoms with van der Waals surface area (Å²) in [6, 6.07) is 6.06. The van der Waals surface area contributed by atoms with Crippen molar-refractivity contribution >= 4 is 23.0 Å². The van der Waals surface area contributed by atoms with Crippen LogP contribution in [0.5, 0.6) is 0 Å². The van der Waals surface area contributed by atoms with Gasteiger partial charge >= 0.3 is 5.97 Å². The average molecular weight is 262 g/mol. The van der Waals surface area contributed by atoms with E-state index in [4.69, 9.17) is 5.11 Å². The molecular formula is C13H14N2O2S. The van der Waals surface area contributed by atoms with Crippen LogP contribution in [0.1, 0.15) is 26.6 Å². The first-order valence-corrected chi connectivity index (χ1v) is 6.43. The largest absolute Gasteiger partial charge is 0.476 e. The molecule has 1 aromatic carbocycles. The lowest BCUT2D eigenvalue weighted by Crippen LogP contribution is -2.03. The molecule has 0 atom stereocenters. The number of aromatic carboxylic acids is 1. The summed E-state index contributed by atoms with van der Waals surface area (Å²) in [4.78, 5) is 14.7. The van der Waals surface area contributed by atoms with E-state index < -0.39 is 5.97 Å². The number of aromatic nitrogens is 1. The summed E-state index contributed by atoms with van der Waals surface area (Å²) < 4.78 is 0. The molecule has 2 aromatic rings. The van der Waals surface area contributed by atoms with Gasteiger partial charge in [-0.05, 0) is 31.0 Å². The summed E-state index contributed by atoms with van der Waals surface area (Å²) in [5.74, 6) is -0.974. The van der Waals surface area contributed by atoms with E-state index in [0.717, 1.165) is 22.7 Å². The molecule has 1 heterocycles. The van der Waals surface area contributed by atoms with Crippen molar-refractivity contribution in [2.75, 3.05) is 5.32 Å². The molecule has 0 saturated heterocycles. The monoisotopic (exact) mass is 262 g/mol. The van der Waals surface area contributed by atoms with Gasteiger partial charge in [-0.1, -0.05) is 12.1 Å². The van der Waals surface area contributed by atoms with Crippen LogP contribution in [0.4, 0.5) is 5.69 Å². The van der Waals surface area contributed by atoms with Gasteiger partial charge in [-0.3, -0.25) is 0 Å². The molecule has 2 N–H and O–H groups in total. The van der Waals surface area contributed by atoms with Crippen LogP contribution in [0, 0.1) is 13.8 Å². The molecule has 1 aromatic heterocycles. The normalized spacial score (nSPS) is 10.3. The minimum Gasteiger partial charge on any atom is -0.476 e. The van der Waals surface area contributed by atoms with Crippen molar-refractivity contribution in [3.05, 3.63) is 45.4 Å². The topological polar surface area (TPSA) is 62.2 Å². The predicted molar refractivity (Wildman–Crippen MR) is 72.3 cm³/mol. The zero-order chi connectivity index (χ0) is 13.1. The highest BCUT2D eigenvalue weighted by Gasteiger charge is 2.09. The number of thiazole rings is 1. The van der Waals surface area contributed by atoms with E-state index in [0.29, 0.717) is 6.54 Å². The van der Waals surface area contributed by atoms with Gasteiger partial charge in [0.1, 0.15) is 0 Å².